The van der Waals surface area contributed by atoms with Crippen molar-refractivity contribution >= 4 is 52.5 Å². The molecule has 3 heterocycles. The van der Waals surface area contributed by atoms with Gasteiger partial charge in [-0.3, -0.25) is 47.2 Å². The van der Waals surface area contributed by atoms with Gasteiger partial charge in [-0.25, -0.2) is 0 Å². The molecule has 0 saturated carbocycles. The predicted molar refractivity (Wildman–Crippen MR) is 301 cm³/mol. The lowest BCUT2D eigenvalue weighted by Crippen LogP contribution is -2.64. The molecule has 474 valence electrons. The number of nitrogens with one attached hydrogen (secondary N) is 6. The van der Waals surface area contributed by atoms with Gasteiger partial charge in [-0.15, -0.1) is 0 Å². The first-order valence-corrected chi connectivity index (χ1v) is 30.4. The highest BCUT2D eigenvalue weighted by atomic mass is 32.3. The van der Waals surface area contributed by atoms with Gasteiger partial charge in [0.15, 0.2) is 11.5 Å². The molecule has 7 amide bonds. The van der Waals surface area contributed by atoms with E-state index >= 15 is 0 Å². The number of rotatable bonds is 28. The van der Waals surface area contributed by atoms with E-state index in [0.29, 0.717) is 12.8 Å². The number of phenolic OH excluding ortho intramolecular Hbond substituents is 1. The molecule has 1 aromatic carbocycles. The molecule has 18 N–H and O–H groups in total. The Bertz CT molecular complexity index is 2250. The first-order chi connectivity index (χ1) is 39.3. The van der Waals surface area contributed by atoms with Crippen LogP contribution >= 0.6 is 11.2 Å². The van der Waals surface area contributed by atoms with Crippen LogP contribution in [-0.4, -0.2) is 229 Å². The second-order valence-corrected chi connectivity index (χ2v) is 23.3. The van der Waals surface area contributed by atoms with Gasteiger partial charge in [0.1, 0.15) is 36.3 Å². The molecule has 3 fully saturated rings. The van der Waals surface area contributed by atoms with E-state index in [0.717, 1.165) is 54.5 Å². The highest BCUT2D eigenvalue weighted by molar-refractivity contribution is 8.15. The number of aliphatic hydroxyl groups excluding tert-OH is 8. The number of nitrogens with zero attached hydrogens (tertiary/aromatic N) is 2. The quantitative estimate of drug-likeness (QED) is 0.0418. The van der Waals surface area contributed by atoms with E-state index < -0.39 is 201 Å². The van der Waals surface area contributed by atoms with Crippen molar-refractivity contribution in [3.05, 3.63) is 23.8 Å². The molecular formula is C54H92N8O20S. The second-order valence-electron chi connectivity index (χ2n) is 22.2. The molecule has 0 aliphatic carbocycles. The Hall–Kier alpha value is -5.02. The van der Waals surface area contributed by atoms with Crippen LogP contribution in [-0.2, 0) is 40.0 Å². The zero-order valence-corrected chi connectivity index (χ0v) is 48.5. The molecule has 3 saturated heterocycles. The number of aliphatic hydroxyl groups is 8. The number of carbonyl (C=O) groups excluding carboxylic acids is 7. The van der Waals surface area contributed by atoms with Gasteiger partial charge >= 0.3 is 0 Å². The minimum atomic E-state index is -4.72. The van der Waals surface area contributed by atoms with E-state index in [9.17, 15) is 93.2 Å². The molecule has 4 rings (SSSR count). The maximum atomic E-state index is 14.8. The summed E-state index contributed by atoms with van der Waals surface area (Å²) in [4.78, 5) is 102. The normalized spacial score (nSPS) is 26.7. The number of phenols is 1. The maximum absolute atomic E-state index is 14.8. The summed E-state index contributed by atoms with van der Waals surface area (Å²) in [6, 6.07) is -9.04. The Labute approximate surface area is 485 Å². The Morgan fingerprint density at radius 2 is 1.30 bits per heavy atom. The number of aromatic hydroxyl groups is 1. The molecule has 28 nitrogen and oxygen atoms in total. The summed E-state index contributed by atoms with van der Waals surface area (Å²) in [6.07, 6.45) is 1.21. The fraction of sp³-hybridized carbons (Fsp3) is 0.759. The summed E-state index contributed by atoms with van der Waals surface area (Å²) in [5.41, 5.74) is -0.0453. The van der Waals surface area contributed by atoms with Crippen molar-refractivity contribution < 1.29 is 97.4 Å². The van der Waals surface area contributed by atoms with Gasteiger partial charge in [-0.05, 0) is 44.0 Å². The first kappa shape index (κ1) is 70.5. The Kier molecular flexibility index (Phi) is 29.6. The third-order valence-electron chi connectivity index (χ3n) is 15.3. The first-order valence-electron chi connectivity index (χ1n) is 28.9. The summed E-state index contributed by atoms with van der Waals surface area (Å²) in [6.45, 7) is 1.97. The summed E-state index contributed by atoms with van der Waals surface area (Å²) in [7, 11) is 0. The number of hydrogen-bond acceptors (Lipinski definition) is 21. The zero-order valence-electron chi connectivity index (χ0n) is 47.7. The lowest BCUT2D eigenvalue weighted by atomic mass is 9.98. The molecular weight excluding hydrogens is 1110 g/mol. The topological polar surface area (TPSA) is 450 Å². The third-order valence-corrected chi connectivity index (χ3v) is 15.7. The maximum Gasteiger partial charge on any atom is 0.266 e. The fourth-order valence-electron chi connectivity index (χ4n) is 10.5. The van der Waals surface area contributed by atoms with Crippen molar-refractivity contribution in [2.24, 2.45) is 5.92 Å². The molecule has 0 aromatic heterocycles. The van der Waals surface area contributed by atoms with Gasteiger partial charge in [-0.1, -0.05) is 97.0 Å². The van der Waals surface area contributed by atoms with Crippen LogP contribution in [0.2, 0.25) is 0 Å². The van der Waals surface area contributed by atoms with Crippen LogP contribution in [0, 0.1) is 5.92 Å². The van der Waals surface area contributed by atoms with Gasteiger partial charge in [0.25, 0.3) is 11.2 Å². The smallest absolute Gasteiger partial charge is 0.266 e. The number of hydrogen-bond donors (Lipinski definition) is 18. The molecule has 0 bridgehead atoms. The minimum absolute atomic E-state index is 0.0225. The SMILES string of the molecule is CCCCCCCCCCCCCCCC(=O)N[C@H]1C[C@@H](O)CNC(=O)[C@@H]2[C@@H](O)[C@@H](C)CN2C(=O)[C@H]([C@H](O)CCNC(CO)CO)NC(=O)[C@H]([C@H](O)Cc2ccc(O)c(OS(O)(O)O)c2)NC(=O)[C@@H]2C[C@@H](O)CN2C(=O)[C@H]([C@@H](C)O)NC1=O. The lowest BCUT2D eigenvalue weighted by molar-refractivity contribution is -0.147. The van der Waals surface area contributed by atoms with Gasteiger partial charge in [0.2, 0.25) is 41.4 Å². The fourth-order valence-corrected chi connectivity index (χ4v) is 10.9. The van der Waals surface area contributed by atoms with Gasteiger partial charge in [0.05, 0.1) is 55.9 Å². The largest absolute Gasteiger partial charge is 0.504 e. The molecule has 0 unspecified atom stereocenters. The minimum Gasteiger partial charge on any atom is -0.504 e. The van der Waals surface area contributed by atoms with Crippen molar-refractivity contribution in [1.29, 1.82) is 0 Å². The summed E-state index contributed by atoms with van der Waals surface area (Å²) in [5, 5.41) is 113. The number of unbranched alkanes of at least 4 members (excludes halogenated alkanes) is 12. The van der Waals surface area contributed by atoms with Gasteiger partial charge in [0, 0.05) is 51.2 Å². The molecule has 13 atom stereocenters. The third kappa shape index (κ3) is 22.4. The Balaban J connectivity index is 1.71. The van der Waals surface area contributed by atoms with E-state index in [1.165, 1.54) is 57.9 Å². The van der Waals surface area contributed by atoms with E-state index in [4.69, 9.17) is 0 Å². The number of fused-ring (bicyclic) bond motifs is 2. The van der Waals surface area contributed by atoms with Crippen molar-refractivity contribution in [2.75, 3.05) is 39.4 Å². The summed E-state index contributed by atoms with van der Waals surface area (Å²) >= 11 is -4.72. The van der Waals surface area contributed by atoms with Crippen LogP contribution in [0.15, 0.2) is 18.2 Å². The van der Waals surface area contributed by atoms with Gasteiger partial charge < -0.3 is 91.8 Å². The monoisotopic (exact) mass is 1200 g/mol. The number of β-amino-alcohol motifs (C(OH)–C–C–N with tert-alkyl or cyclic N) is 1. The van der Waals surface area contributed by atoms with Crippen LogP contribution in [0.25, 0.3) is 0 Å². The van der Waals surface area contributed by atoms with Crippen LogP contribution < -0.4 is 36.1 Å². The Morgan fingerprint density at radius 1 is 0.723 bits per heavy atom. The van der Waals surface area contributed by atoms with Crippen molar-refractivity contribution in [3.8, 4) is 11.5 Å². The molecule has 29 heteroatoms. The molecule has 0 radical (unpaired) electrons. The standard InChI is InChI=1S/C54H92N8O20S/c1-4-5-6-7-8-9-10-11-12-13-14-15-16-17-43(71)57-37-24-35(66)26-56-52(76)47-48(72)31(2)27-62(47)54(78)46(40(69)20-21-55-34(29-63)30-64)60-51(75)45(41(70)22-33-18-19-39(68)42(23-33)82-83(79,80)81)59-50(74)38-25-36(67)28-61(38)53(77)44(32(3)65)58-49(37)73/h18-19,23,31-32,34-38,40-41,44-48,55,63-70,72,79-81H,4-17,20-22,24-30H2,1-3H3,(H,56,76)(H,57,71)(H,58,73)(H,59,74)(H,60,75)/t31-,32+,35+,36+,37-,38-,40+,41+,44-,45-,46-,47-,48-/m0/s1. The van der Waals surface area contributed by atoms with E-state index in [1.807, 2.05) is 0 Å². The zero-order chi connectivity index (χ0) is 61.6. The molecule has 1 aromatic rings. The van der Waals surface area contributed by atoms with E-state index in [2.05, 4.69) is 43.0 Å². The number of carbonyl (C=O) groups is 7. The van der Waals surface area contributed by atoms with E-state index in [-0.39, 0.29) is 25.1 Å². The van der Waals surface area contributed by atoms with Crippen LogP contribution in [0.5, 0.6) is 11.5 Å². The van der Waals surface area contributed by atoms with Crippen LogP contribution in [0.3, 0.4) is 0 Å². The lowest BCUT2D eigenvalue weighted by Gasteiger charge is -2.34. The number of benzene rings is 1. The molecule has 83 heavy (non-hydrogen) atoms. The average molecular weight is 1210 g/mol. The van der Waals surface area contributed by atoms with Crippen molar-refractivity contribution in [1.82, 2.24) is 41.7 Å². The Morgan fingerprint density at radius 3 is 1.89 bits per heavy atom. The molecule has 3 aliphatic rings. The highest BCUT2D eigenvalue weighted by Gasteiger charge is 2.50. The van der Waals surface area contributed by atoms with Crippen LogP contribution in [0.1, 0.15) is 135 Å². The van der Waals surface area contributed by atoms with Crippen LogP contribution in [0.4, 0.5) is 0 Å². The average Bonchev–Trinajstić information content (AvgIpc) is 3.28. The van der Waals surface area contributed by atoms with Crippen molar-refractivity contribution in [2.45, 2.75) is 215 Å². The summed E-state index contributed by atoms with van der Waals surface area (Å²) < 4.78 is 33.2. The number of amides is 7. The summed E-state index contributed by atoms with van der Waals surface area (Å²) in [5.74, 6) is -9.87. The molecule has 3 aliphatic heterocycles. The molecule has 0 spiro atoms. The second kappa shape index (κ2) is 34.8. The van der Waals surface area contributed by atoms with Gasteiger partial charge in [-0.2, -0.15) is 0 Å². The van der Waals surface area contributed by atoms with E-state index in [1.54, 1.807) is 0 Å². The predicted octanol–water partition coefficient (Wildman–Crippen LogP) is -1.64. The highest BCUT2D eigenvalue weighted by Crippen LogP contribution is 2.41. The van der Waals surface area contributed by atoms with Crippen molar-refractivity contribution in [3.63, 3.8) is 0 Å².